The van der Waals surface area contributed by atoms with E-state index in [1.807, 2.05) is 0 Å². The standard InChI is InChI=1S/C18H30N2/c1-3-20(17-11-7-8-12-17)18(2,15-19)14-13-16-9-5-4-6-10-16/h4-6,9-10,17H,3,7-8,11-15,19H2,1-2H3. The van der Waals surface area contributed by atoms with Gasteiger partial charge in [-0.3, -0.25) is 4.90 Å². The quantitative estimate of drug-likeness (QED) is 0.823. The predicted octanol–water partition coefficient (Wildman–Crippen LogP) is 3.60. The first-order valence-electron chi connectivity index (χ1n) is 8.20. The number of benzene rings is 1. The molecule has 20 heavy (non-hydrogen) atoms. The summed E-state index contributed by atoms with van der Waals surface area (Å²) in [6, 6.07) is 11.5. The van der Waals surface area contributed by atoms with Crippen LogP contribution in [-0.4, -0.2) is 29.6 Å². The van der Waals surface area contributed by atoms with Crippen molar-refractivity contribution in [1.82, 2.24) is 4.90 Å². The lowest BCUT2D eigenvalue weighted by Gasteiger charge is -2.44. The van der Waals surface area contributed by atoms with Crippen LogP contribution in [0.15, 0.2) is 30.3 Å². The summed E-state index contributed by atoms with van der Waals surface area (Å²) in [4.78, 5) is 2.68. The fourth-order valence-corrected chi connectivity index (χ4v) is 3.72. The van der Waals surface area contributed by atoms with Gasteiger partial charge in [-0.25, -0.2) is 0 Å². The smallest absolute Gasteiger partial charge is 0.0309 e. The van der Waals surface area contributed by atoms with Gasteiger partial charge in [0, 0.05) is 18.1 Å². The molecular weight excluding hydrogens is 244 g/mol. The van der Waals surface area contributed by atoms with Crippen LogP contribution in [0.4, 0.5) is 0 Å². The number of aryl methyl sites for hydroxylation is 1. The summed E-state index contributed by atoms with van der Waals surface area (Å²) in [5.41, 5.74) is 7.74. The van der Waals surface area contributed by atoms with Gasteiger partial charge in [-0.05, 0) is 44.7 Å². The number of hydrogen-bond donors (Lipinski definition) is 1. The zero-order chi connectivity index (χ0) is 14.4. The van der Waals surface area contributed by atoms with E-state index in [4.69, 9.17) is 5.73 Å². The van der Waals surface area contributed by atoms with E-state index in [0.29, 0.717) is 0 Å². The second kappa shape index (κ2) is 7.24. The number of nitrogens with zero attached hydrogens (tertiary/aromatic N) is 1. The summed E-state index contributed by atoms with van der Waals surface area (Å²) in [7, 11) is 0. The van der Waals surface area contributed by atoms with Crippen LogP contribution in [0.3, 0.4) is 0 Å². The summed E-state index contributed by atoms with van der Waals surface area (Å²) in [6.45, 7) is 6.52. The normalized spacial score (nSPS) is 19.4. The van der Waals surface area contributed by atoms with Crippen molar-refractivity contribution in [3.05, 3.63) is 35.9 Å². The van der Waals surface area contributed by atoms with E-state index in [-0.39, 0.29) is 5.54 Å². The highest BCUT2D eigenvalue weighted by Crippen LogP contribution is 2.31. The van der Waals surface area contributed by atoms with E-state index in [9.17, 15) is 0 Å². The van der Waals surface area contributed by atoms with Gasteiger partial charge in [0.25, 0.3) is 0 Å². The molecule has 0 aliphatic heterocycles. The molecule has 1 unspecified atom stereocenters. The molecule has 2 nitrogen and oxygen atoms in total. The lowest BCUT2D eigenvalue weighted by molar-refractivity contribution is 0.0620. The van der Waals surface area contributed by atoms with Crippen LogP contribution in [0.2, 0.25) is 0 Å². The lowest BCUT2D eigenvalue weighted by atomic mass is 9.89. The first-order valence-corrected chi connectivity index (χ1v) is 8.20. The monoisotopic (exact) mass is 274 g/mol. The van der Waals surface area contributed by atoms with Crippen LogP contribution in [0, 0.1) is 0 Å². The van der Waals surface area contributed by atoms with Gasteiger partial charge in [0.1, 0.15) is 0 Å². The van der Waals surface area contributed by atoms with Crippen LogP contribution in [0.1, 0.15) is 51.5 Å². The lowest BCUT2D eigenvalue weighted by Crippen LogP contribution is -2.55. The summed E-state index contributed by atoms with van der Waals surface area (Å²) in [5.74, 6) is 0. The fourth-order valence-electron chi connectivity index (χ4n) is 3.72. The summed E-state index contributed by atoms with van der Waals surface area (Å²) in [6.07, 6.45) is 7.76. The predicted molar refractivity (Wildman–Crippen MR) is 86.9 cm³/mol. The number of nitrogens with two attached hydrogens (primary N) is 1. The van der Waals surface area contributed by atoms with Crippen molar-refractivity contribution in [2.24, 2.45) is 5.73 Å². The zero-order valence-electron chi connectivity index (χ0n) is 13.1. The van der Waals surface area contributed by atoms with Gasteiger partial charge < -0.3 is 5.73 Å². The minimum Gasteiger partial charge on any atom is -0.329 e. The molecule has 1 fully saturated rings. The Bertz CT molecular complexity index is 384. The maximum Gasteiger partial charge on any atom is 0.0309 e. The fraction of sp³-hybridized carbons (Fsp3) is 0.667. The molecule has 0 amide bonds. The topological polar surface area (TPSA) is 29.3 Å². The summed E-state index contributed by atoms with van der Waals surface area (Å²) < 4.78 is 0. The Morgan fingerprint density at radius 3 is 2.40 bits per heavy atom. The molecule has 1 aromatic rings. The molecule has 1 saturated carbocycles. The van der Waals surface area contributed by atoms with Gasteiger partial charge in [0.15, 0.2) is 0 Å². The molecule has 0 bridgehead atoms. The molecule has 0 heterocycles. The first kappa shape index (κ1) is 15.5. The highest BCUT2D eigenvalue weighted by Gasteiger charge is 2.35. The van der Waals surface area contributed by atoms with Crippen molar-refractivity contribution in [1.29, 1.82) is 0 Å². The van der Waals surface area contributed by atoms with E-state index < -0.39 is 0 Å². The second-order valence-electron chi connectivity index (χ2n) is 6.41. The Balaban J connectivity index is 2.02. The first-order chi connectivity index (χ1) is 9.69. The van der Waals surface area contributed by atoms with Gasteiger partial charge in [-0.2, -0.15) is 0 Å². The van der Waals surface area contributed by atoms with E-state index >= 15 is 0 Å². The van der Waals surface area contributed by atoms with Crippen molar-refractivity contribution in [3.8, 4) is 0 Å². The number of rotatable bonds is 7. The summed E-state index contributed by atoms with van der Waals surface area (Å²) >= 11 is 0. The third kappa shape index (κ3) is 3.62. The van der Waals surface area contributed by atoms with Crippen molar-refractivity contribution in [3.63, 3.8) is 0 Å². The van der Waals surface area contributed by atoms with Crippen molar-refractivity contribution in [2.45, 2.75) is 64.0 Å². The third-order valence-electron chi connectivity index (χ3n) is 5.03. The molecular formula is C18H30N2. The van der Waals surface area contributed by atoms with E-state index in [2.05, 4.69) is 49.1 Å². The minimum atomic E-state index is 0.138. The van der Waals surface area contributed by atoms with Crippen LogP contribution in [-0.2, 0) is 6.42 Å². The van der Waals surface area contributed by atoms with Gasteiger partial charge in [-0.15, -0.1) is 0 Å². The molecule has 0 aromatic heterocycles. The van der Waals surface area contributed by atoms with Crippen LogP contribution >= 0.6 is 0 Å². The molecule has 1 aromatic carbocycles. The SMILES string of the molecule is CCN(C1CCCC1)C(C)(CN)CCc1ccccc1. The maximum atomic E-state index is 6.17. The van der Waals surface area contributed by atoms with Gasteiger partial charge in [0.2, 0.25) is 0 Å². The Kier molecular flexibility index (Phi) is 5.62. The molecule has 1 atom stereocenters. The Morgan fingerprint density at radius 2 is 1.85 bits per heavy atom. The largest absolute Gasteiger partial charge is 0.329 e. The van der Waals surface area contributed by atoms with E-state index in [1.54, 1.807) is 0 Å². The Labute approximate surface area is 124 Å². The highest BCUT2D eigenvalue weighted by atomic mass is 15.2. The molecule has 0 radical (unpaired) electrons. The molecule has 2 rings (SSSR count). The van der Waals surface area contributed by atoms with Gasteiger partial charge in [0.05, 0.1) is 0 Å². The molecule has 112 valence electrons. The molecule has 0 spiro atoms. The van der Waals surface area contributed by atoms with Crippen LogP contribution < -0.4 is 5.73 Å². The van der Waals surface area contributed by atoms with E-state index in [0.717, 1.165) is 32.0 Å². The average molecular weight is 274 g/mol. The van der Waals surface area contributed by atoms with Crippen LogP contribution in [0.25, 0.3) is 0 Å². The van der Waals surface area contributed by atoms with Gasteiger partial charge >= 0.3 is 0 Å². The average Bonchev–Trinajstić information content (AvgIpc) is 3.01. The number of likely N-dealkylation sites (N-methyl/N-ethyl adjacent to an activating group) is 1. The van der Waals surface area contributed by atoms with Crippen molar-refractivity contribution in [2.75, 3.05) is 13.1 Å². The van der Waals surface area contributed by atoms with E-state index in [1.165, 1.54) is 31.2 Å². The van der Waals surface area contributed by atoms with Crippen LogP contribution in [0.5, 0.6) is 0 Å². The second-order valence-corrected chi connectivity index (χ2v) is 6.41. The third-order valence-corrected chi connectivity index (χ3v) is 5.03. The van der Waals surface area contributed by atoms with Crippen molar-refractivity contribution >= 4 is 0 Å². The highest BCUT2D eigenvalue weighted by molar-refractivity contribution is 5.15. The molecule has 0 saturated heterocycles. The maximum absolute atomic E-state index is 6.17. The van der Waals surface area contributed by atoms with Gasteiger partial charge in [-0.1, -0.05) is 50.1 Å². The molecule has 1 aliphatic carbocycles. The number of hydrogen-bond acceptors (Lipinski definition) is 2. The summed E-state index contributed by atoms with van der Waals surface area (Å²) in [5, 5.41) is 0. The Hall–Kier alpha value is -0.860. The van der Waals surface area contributed by atoms with Crippen molar-refractivity contribution < 1.29 is 0 Å². The minimum absolute atomic E-state index is 0.138. The molecule has 2 heteroatoms. The molecule has 2 N–H and O–H groups in total. The zero-order valence-corrected chi connectivity index (χ0v) is 13.1. The molecule has 1 aliphatic rings. The Morgan fingerprint density at radius 1 is 1.20 bits per heavy atom.